The van der Waals surface area contributed by atoms with Crippen LogP contribution >= 0.6 is 0 Å². The number of nitro groups is 1. The summed E-state index contributed by atoms with van der Waals surface area (Å²) in [6.07, 6.45) is 2.64. The molecule has 0 spiro atoms. The molecule has 0 saturated heterocycles. The molecule has 0 bridgehead atoms. The van der Waals surface area contributed by atoms with Gasteiger partial charge in [-0.15, -0.1) is 0 Å². The molecule has 0 N–H and O–H groups in total. The monoisotopic (exact) mass is 319 g/mol. The Bertz CT molecular complexity index is 630. The first-order valence-electron chi connectivity index (χ1n) is 7.75. The van der Waals surface area contributed by atoms with E-state index < -0.39 is 4.92 Å². The van der Waals surface area contributed by atoms with Crippen LogP contribution in [-0.2, 0) is 16.0 Å². The van der Waals surface area contributed by atoms with Crippen molar-refractivity contribution in [2.24, 2.45) is 0 Å². The minimum Gasteiger partial charge on any atom is -0.344 e. The molecular formula is C16H21N3O4. The Morgan fingerprint density at radius 2 is 2.13 bits per heavy atom. The summed E-state index contributed by atoms with van der Waals surface area (Å²) in [5.74, 6) is -0.249. The Kier molecular flexibility index (Phi) is 5.31. The predicted molar refractivity (Wildman–Crippen MR) is 86.3 cm³/mol. The third-order valence-corrected chi connectivity index (χ3v) is 4.04. The lowest BCUT2D eigenvalue weighted by atomic mass is 10.0. The fourth-order valence-electron chi connectivity index (χ4n) is 2.61. The quantitative estimate of drug-likeness (QED) is 0.594. The van der Waals surface area contributed by atoms with Crippen LogP contribution in [0.5, 0.6) is 0 Å². The second kappa shape index (κ2) is 7.21. The van der Waals surface area contributed by atoms with Crippen molar-refractivity contribution in [2.75, 3.05) is 25.0 Å². The number of anilines is 1. The van der Waals surface area contributed by atoms with Crippen molar-refractivity contribution >= 4 is 23.2 Å². The van der Waals surface area contributed by atoms with Crippen molar-refractivity contribution < 1.29 is 14.5 Å². The van der Waals surface area contributed by atoms with Crippen LogP contribution in [0.2, 0.25) is 0 Å². The van der Waals surface area contributed by atoms with Crippen molar-refractivity contribution in [3.8, 4) is 0 Å². The normalized spacial score (nSPS) is 13.7. The van der Waals surface area contributed by atoms with Crippen LogP contribution in [0, 0.1) is 10.1 Å². The van der Waals surface area contributed by atoms with Crippen molar-refractivity contribution in [1.82, 2.24) is 4.90 Å². The van der Waals surface area contributed by atoms with Gasteiger partial charge in [0, 0.05) is 37.8 Å². The third kappa shape index (κ3) is 3.85. The summed E-state index contributed by atoms with van der Waals surface area (Å²) in [7, 11) is 1.73. The summed E-state index contributed by atoms with van der Waals surface area (Å²) in [6, 6.07) is 4.42. The van der Waals surface area contributed by atoms with Crippen LogP contribution in [0.3, 0.4) is 0 Å². The second-order valence-corrected chi connectivity index (χ2v) is 5.72. The fraction of sp³-hybridized carbons (Fsp3) is 0.500. The number of unbranched alkanes of at least 4 members (excludes halogenated alkanes) is 1. The minimum absolute atomic E-state index is 0.00411. The molecule has 7 heteroatoms. The maximum Gasteiger partial charge on any atom is 0.269 e. The smallest absolute Gasteiger partial charge is 0.269 e. The lowest BCUT2D eigenvalue weighted by molar-refractivity contribution is -0.384. The molecule has 2 rings (SSSR count). The summed E-state index contributed by atoms with van der Waals surface area (Å²) in [5.41, 5.74) is 1.34. The Labute approximate surface area is 135 Å². The molecule has 1 heterocycles. The molecule has 0 fully saturated rings. The number of carbonyl (C=O) groups excluding carboxylic acids is 2. The number of nitrogens with zero attached hydrogens (tertiary/aromatic N) is 3. The van der Waals surface area contributed by atoms with E-state index in [1.54, 1.807) is 18.0 Å². The van der Waals surface area contributed by atoms with E-state index in [9.17, 15) is 19.7 Å². The van der Waals surface area contributed by atoms with Crippen LogP contribution in [-0.4, -0.2) is 41.8 Å². The standard InChI is InChI=1S/C16H21N3O4/c1-3-4-9-17(2)16(21)11-18-14-7-6-13(19(22)23)10-12(14)5-8-15(18)20/h6-7,10H,3-5,8-9,11H2,1-2H3. The molecule has 23 heavy (non-hydrogen) atoms. The van der Waals surface area contributed by atoms with Crippen LogP contribution in [0.25, 0.3) is 0 Å². The molecule has 124 valence electrons. The van der Waals surface area contributed by atoms with E-state index in [0.29, 0.717) is 18.7 Å². The van der Waals surface area contributed by atoms with Gasteiger partial charge in [-0.05, 0) is 24.5 Å². The van der Waals surface area contributed by atoms with E-state index in [4.69, 9.17) is 0 Å². The Hall–Kier alpha value is -2.44. The van der Waals surface area contributed by atoms with E-state index in [-0.39, 0.29) is 30.5 Å². The Morgan fingerprint density at radius 3 is 2.78 bits per heavy atom. The van der Waals surface area contributed by atoms with E-state index >= 15 is 0 Å². The van der Waals surface area contributed by atoms with Gasteiger partial charge in [-0.25, -0.2) is 0 Å². The molecule has 0 atom stereocenters. The van der Waals surface area contributed by atoms with Gasteiger partial charge in [-0.3, -0.25) is 19.7 Å². The van der Waals surface area contributed by atoms with E-state index in [1.807, 2.05) is 0 Å². The molecule has 1 aliphatic rings. The van der Waals surface area contributed by atoms with Crippen molar-refractivity contribution in [3.05, 3.63) is 33.9 Å². The largest absolute Gasteiger partial charge is 0.344 e. The number of amides is 2. The molecule has 0 unspecified atom stereocenters. The average Bonchev–Trinajstić information content (AvgIpc) is 2.54. The summed E-state index contributed by atoms with van der Waals surface area (Å²) >= 11 is 0. The number of aryl methyl sites for hydroxylation is 1. The number of benzene rings is 1. The van der Waals surface area contributed by atoms with Crippen molar-refractivity contribution in [2.45, 2.75) is 32.6 Å². The van der Waals surface area contributed by atoms with E-state index in [0.717, 1.165) is 18.4 Å². The lowest BCUT2D eigenvalue weighted by Gasteiger charge is -2.30. The molecule has 2 amide bonds. The van der Waals surface area contributed by atoms with Crippen LogP contribution in [0.1, 0.15) is 31.7 Å². The predicted octanol–water partition coefficient (Wildman–Crippen LogP) is 2.13. The highest BCUT2D eigenvalue weighted by Gasteiger charge is 2.28. The third-order valence-electron chi connectivity index (χ3n) is 4.04. The molecule has 0 aromatic heterocycles. The number of carbonyl (C=O) groups is 2. The first-order valence-corrected chi connectivity index (χ1v) is 7.75. The van der Waals surface area contributed by atoms with Gasteiger partial charge in [0.2, 0.25) is 11.8 Å². The molecule has 0 saturated carbocycles. The minimum atomic E-state index is -0.454. The Morgan fingerprint density at radius 1 is 1.39 bits per heavy atom. The van der Waals surface area contributed by atoms with Gasteiger partial charge in [-0.1, -0.05) is 13.3 Å². The first-order chi connectivity index (χ1) is 10.9. The highest BCUT2D eigenvalue weighted by molar-refractivity contribution is 6.01. The SMILES string of the molecule is CCCCN(C)C(=O)CN1C(=O)CCc2cc([N+](=O)[O-])ccc21. The number of nitro benzene ring substituents is 1. The van der Waals surface area contributed by atoms with Gasteiger partial charge >= 0.3 is 0 Å². The number of hydrogen-bond acceptors (Lipinski definition) is 4. The summed E-state index contributed by atoms with van der Waals surface area (Å²) in [4.78, 5) is 37.9. The number of fused-ring (bicyclic) bond motifs is 1. The molecule has 7 nitrogen and oxygen atoms in total. The van der Waals surface area contributed by atoms with Crippen molar-refractivity contribution in [1.29, 1.82) is 0 Å². The first kappa shape index (κ1) is 16.9. The molecule has 0 radical (unpaired) electrons. The summed E-state index contributed by atoms with van der Waals surface area (Å²) in [5, 5.41) is 10.9. The number of rotatable bonds is 6. The van der Waals surface area contributed by atoms with Crippen LogP contribution in [0.15, 0.2) is 18.2 Å². The van der Waals surface area contributed by atoms with Crippen LogP contribution in [0.4, 0.5) is 11.4 Å². The zero-order valence-electron chi connectivity index (χ0n) is 13.4. The van der Waals surface area contributed by atoms with Crippen molar-refractivity contribution in [3.63, 3.8) is 0 Å². The Balaban J connectivity index is 2.18. The van der Waals surface area contributed by atoms with Gasteiger partial charge in [0.1, 0.15) is 6.54 Å². The zero-order valence-corrected chi connectivity index (χ0v) is 13.4. The molecule has 1 aromatic carbocycles. The van der Waals surface area contributed by atoms with E-state index in [2.05, 4.69) is 6.92 Å². The lowest BCUT2D eigenvalue weighted by Crippen LogP contribution is -2.43. The summed E-state index contributed by atoms with van der Waals surface area (Å²) in [6.45, 7) is 2.68. The highest BCUT2D eigenvalue weighted by Crippen LogP contribution is 2.30. The van der Waals surface area contributed by atoms with Gasteiger partial charge < -0.3 is 9.80 Å². The maximum atomic E-state index is 12.3. The second-order valence-electron chi connectivity index (χ2n) is 5.72. The van der Waals surface area contributed by atoms with Gasteiger partial charge in [0.15, 0.2) is 0 Å². The average molecular weight is 319 g/mol. The maximum absolute atomic E-state index is 12.3. The zero-order chi connectivity index (χ0) is 17.0. The molecular weight excluding hydrogens is 298 g/mol. The fourth-order valence-corrected chi connectivity index (χ4v) is 2.61. The summed E-state index contributed by atoms with van der Waals surface area (Å²) < 4.78 is 0. The number of likely N-dealkylation sites (N-methyl/N-ethyl adjacent to an activating group) is 1. The highest BCUT2D eigenvalue weighted by atomic mass is 16.6. The van der Waals surface area contributed by atoms with Gasteiger partial charge in [-0.2, -0.15) is 0 Å². The van der Waals surface area contributed by atoms with Gasteiger partial charge in [0.05, 0.1) is 4.92 Å². The van der Waals surface area contributed by atoms with E-state index in [1.165, 1.54) is 17.0 Å². The number of hydrogen-bond donors (Lipinski definition) is 0. The molecule has 0 aliphatic carbocycles. The molecule has 1 aromatic rings. The molecule has 1 aliphatic heterocycles. The van der Waals surface area contributed by atoms with Crippen LogP contribution < -0.4 is 4.90 Å². The topological polar surface area (TPSA) is 83.8 Å². The van der Waals surface area contributed by atoms with Gasteiger partial charge in [0.25, 0.3) is 5.69 Å². The number of non-ortho nitro benzene ring substituents is 1.